The molecule has 184 valence electrons. The van der Waals surface area contributed by atoms with Gasteiger partial charge >= 0.3 is 5.97 Å². The number of ether oxygens (including phenoxy) is 1. The van der Waals surface area contributed by atoms with Crippen molar-refractivity contribution in [2.45, 2.75) is 37.9 Å². The summed E-state index contributed by atoms with van der Waals surface area (Å²) in [6, 6.07) is 13.1. The van der Waals surface area contributed by atoms with Crippen LogP contribution in [-0.4, -0.2) is 62.8 Å². The van der Waals surface area contributed by atoms with E-state index in [9.17, 15) is 9.90 Å². The average Bonchev–Trinajstić information content (AvgIpc) is 2.66. The van der Waals surface area contributed by atoms with E-state index in [1.165, 1.54) is 0 Å². The first-order valence-corrected chi connectivity index (χ1v) is 9.53. The van der Waals surface area contributed by atoms with Crippen molar-refractivity contribution in [2.75, 3.05) is 13.1 Å². The largest absolute Gasteiger partial charge is 0.489 e. The van der Waals surface area contributed by atoms with Crippen molar-refractivity contribution in [3.8, 4) is 5.75 Å². The number of aliphatic hydroxyl groups is 1. The number of aryl methyl sites for hydroxylation is 2. The van der Waals surface area contributed by atoms with Crippen LogP contribution in [0.5, 0.6) is 5.75 Å². The Labute approximate surface area is 191 Å². The molecule has 1 heterocycles. The molecule has 0 saturated carbocycles. The fourth-order valence-electron chi connectivity index (χ4n) is 3.26. The number of fused-ring (bicyclic) bond motifs is 1. The molecule has 1 aliphatic heterocycles. The van der Waals surface area contributed by atoms with Gasteiger partial charge in [0.1, 0.15) is 11.9 Å². The Bertz CT molecular complexity index is 807. The number of carboxylic acids is 1. The Balaban J connectivity index is -0.00000168. The number of benzene rings is 2. The molecule has 0 bridgehead atoms. The van der Waals surface area contributed by atoms with Crippen molar-refractivity contribution in [3.63, 3.8) is 0 Å². The topological polar surface area (TPSA) is 236 Å². The van der Waals surface area contributed by atoms with E-state index in [1.807, 2.05) is 30.3 Å². The average molecular weight is 480 g/mol. The van der Waals surface area contributed by atoms with E-state index in [0.717, 1.165) is 35.3 Å². The fourth-order valence-corrected chi connectivity index (χ4v) is 3.46. The molecule has 2 aromatic rings. The van der Waals surface area contributed by atoms with E-state index in [0.29, 0.717) is 24.5 Å². The zero-order chi connectivity index (χ0) is 19.2. The van der Waals surface area contributed by atoms with Crippen LogP contribution in [-0.2, 0) is 17.6 Å². The summed E-state index contributed by atoms with van der Waals surface area (Å²) in [5.74, 6) is 0.0811. The SMILES string of the molecule is O.O.O.O.O.O=C(O)CCc1ccc2c(c1)CCC(CNC[C@H](O)c1cccc(Cl)c1)O2. The highest BCUT2D eigenvalue weighted by atomic mass is 35.5. The minimum Gasteiger partial charge on any atom is -0.489 e. The van der Waals surface area contributed by atoms with Gasteiger partial charge in [-0.1, -0.05) is 35.9 Å². The predicted molar refractivity (Wildman–Crippen MR) is 122 cm³/mol. The van der Waals surface area contributed by atoms with Crippen LogP contribution >= 0.6 is 11.6 Å². The number of aliphatic hydroxyl groups excluding tert-OH is 1. The van der Waals surface area contributed by atoms with Gasteiger partial charge in [-0.15, -0.1) is 0 Å². The summed E-state index contributed by atoms with van der Waals surface area (Å²) in [5.41, 5.74) is 2.95. The summed E-state index contributed by atoms with van der Waals surface area (Å²) in [4.78, 5) is 10.7. The van der Waals surface area contributed by atoms with Gasteiger partial charge in [0.05, 0.1) is 6.10 Å². The number of hydrogen-bond donors (Lipinski definition) is 3. The van der Waals surface area contributed by atoms with Crippen LogP contribution in [0.4, 0.5) is 0 Å². The molecule has 0 spiro atoms. The van der Waals surface area contributed by atoms with Crippen LogP contribution in [0.1, 0.15) is 35.6 Å². The lowest BCUT2D eigenvalue weighted by atomic mass is 9.98. The van der Waals surface area contributed by atoms with E-state index in [4.69, 9.17) is 21.4 Å². The van der Waals surface area contributed by atoms with Crippen LogP contribution in [0.2, 0.25) is 5.02 Å². The van der Waals surface area contributed by atoms with Gasteiger partial charge in [0.2, 0.25) is 0 Å². The smallest absolute Gasteiger partial charge is 0.303 e. The van der Waals surface area contributed by atoms with Crippen molar-refractivity contribution in [1.29, 1.82) is 0 Å². The molecule has 0 amide bonds. The zero-order valence-electron chi connectivity index (χ0n) is 17.5. The van der Waals surface area contributed by atoms with Crippen LogP contribution in [0.15, 0.2) is 42.5 Å². The molecule has 0 aliphatic carbocycles. The number of halogens is 1. The predicted octanol–water partition coefficient (Wildman–Crippen LogP) is -0.749. The van der Waals surface area contributed by atoms with E-state index in [2.05, 4.69) is 5.32 Å². The normalized spacial score (nSPS) is 14.4. The Morgan fingerprint density at radius 2 is 1.84 bits per heavy atom. The first-order chi connectivity index (χ1) is 13.0. The lowest BCUT2D eigenvalue weighted by molar-refractivity contribution is -0.136. The maximum absolute atomic E-state index is 10.7. The summed E-state index contributed by atoms with van der Waals surface area (Å²) in [7, 11) is 0. The van der Waals surface area contributed by atoms with Crippen LogP contribution < -0.4 is 10.1 Å². The molecule has 0 saturated heterocycles. The molecule has 11 heteroatoms. The highest BCUT2D eigenvalue weighted by molar-refractivity contribution is 6.30. The summed E-state index contributed by atoms with van der Waals surface area (Å²) in [6.07, 6.45) is 1.90. The molecule has 0 aromatic heterocycles. The standard InChI is InChI=1S/C21H24ClNO4.5H2O/c22-17-3-1-2-15(11-17)19(24)13-23-12-18-7-6-16-10-14(5-9-21(25)26)4-8-20(16)27-18;;;;;/h1-4,8,10-11,18-19,23-24H,5-7,9,12-13H2,(H,25,26);5*1H2/t18?,19-;;;;;/m0...../s1. The van der Waals surface area contributed by atoms with Gasteiger partial charge in [0.15, 0.2) is 0 Å². The number of hydrogen-bond acceptors (Lipinski definition) is 4. The third-order valence-electron chi connectivity index (χ3n) is 4.72. The van der Waals surface area contributed by atoms with Gasteiger partial charge in [-0.05, 0) is 54.2 Å². The number of nitrogens with one attached hydrogen (secondary N) is 1. The highest BCUT2D eigenvalue weighted by Crippen LogP contribution is 2.29. The van der Waals surface area contributed by atoms with Crippen molar-refractivity contribution in [2.24, 2.45) is 0 Å². The van der Waals surface area contributed by atoms with Crippen LogP contribution in [0, 0.1) is 0 Å². The Hall–Kier alpha value is -2.28. The van der Waals surface area contributed by atoms with Crippen LogP contribution in [0.3, 0.4) is 0 Å². The van der Waals surface area contributed by atoms with Crippen molar-refractivity contribution in [3.05, 3.63) is 64.2 Å². The first-order valence-electron chi connectivity index (χ1n) is 9.16. The summed E-state index contributed by atoms with van der Waals surface area (Å²) >= 11 is 5.96. The quantitative estimate of drug-likeness (QED) is 0.441. The Morgan fingerprint density at radius 3 is 2.50 bits per heavy atom. The summed E-state index contributed by atoms with van der Waals surface area (Å²) < 4.78 is 6.04. The number of carboxylic acid groups (broad SMARTS) is 1. The van der Waals surface area contributed by atoms with E-state index in [-0.39, 0.29) is 39.9 Å². The molecule has 10 nitrogen and oxygen atoms in total. The fraction of sp³-hybridized carbons (Fsp3) is 0.381. The summed E-state index contributed by atoms with van der Waals surface area (Å²) in [6.45, 7) is 1.08. The van der Waals surface area contributed by atoms with Gasteiger partial charge in [0, 0.05) is 24.5 Å². The molecule has 3 rings (SSSR count). The van der Waals surface area contributed by atoms with E-state index in [1.54, 1.807) is 12.1 Å². The second kappa shape index (κ2) is 16.4. The van der Waals surface area contributed by atoms with Gasteiger partial charge in [-0.25, -0.2) is 0 Å². The van der Waals surface area contributed by atoms with Crippen molar-refractivity contribution in [1.82, 2.24) is 5.32 Å². The number of aliphatic carboxylic acids is 1. The minimum absolute atomic E-state index is 0. The third-order valence-corrected chi connectivity index (χ3v) is 4.96. The first kappa shape index (κ1) is 34.3. The van der Waals surface area contributed by atoms with Crippen molar-refractivity contribution >= 4 is 17.6 Å². The molecule has 0 radical (unpaired) electrons. The van der Waals surface area contributed by atoms with E-state index < -0.39 is 12.1 Å². The van der Waals surface area contributed by atoms with Gasteiger partial charge < -0.3 is 47.6 Å². The minimum atomic E-state index is -0.782. The van der Waals surface area contributed by atoms with Crippen molar-refractivity contribution < 1.29 is 47.1 Å². The molecule has 13 N–H and O–H groups in total. The molecule has 0 fully saturated rings. The number of rotatable bonds is 8. The molecular weight excluding hydrogens is 446 g/mol. The highest BCUT2D eigenvalue weighted by Gasteiger charge is 2.20. The molecule has 32 heavy (non-hydrogen) atoms. The second-order valence-electron chi connectivity index (χ2n) is 6.84. The second-order valence-corrected chi connectivity index (χ2v) is 7.28. The molecule has 2 aromatic carbocycles. The maximum atomic E-state index is 10.7. The van der Waals surface area contributed by atoms with Gasteiger partial charge in [0.25, 0.3) is 0 Å². The molecule has 2 atom stereocenters. The third kappa shape index (κ3) is 9.90. The lowest BCUT2D eigenvalue weighted by Gasteiger charge is -2.27. The van der Waals surface area contributed by atoms with Crippen LogP contribution in [0.25, 0.3) is 0 Å². The Morgan fingerprint density at radius 1 is 1.12 bits per heavy atom. The monoisotopic (exact) mass is 479 g/mol. The number of carbonyl (C=O) groups is 1. The molecule has 1 unspecified atom stereocenters. The molecular formula is C21H34ClNO9. The van der Waals surface area contributed by atoms with Gasteiger partial charge in [-0.2, -0.15) is 0 Å². The zero-order valence-corrected chi connectivity index (χ0v) is 18.3. The molecule has 1 aliphatic rings. The van der Waals surface area contributed by atoms with Gasteiger partial charge in [-0.3, -0.25) is 4.79 Å². The van der Waals surface area contributed by atoms with E-state index >= 15 is 0 Å². The lowest BCUT2D eigenvalue weighted by Crippen LogP contribution is -2.36. The maximum Gasteiger partial charge on any atom is 0.303 e. The Kier molecular flexibility index (Phi) is 17.6. The summed E-state index contributed by atoms with van der Waals surface area (Å²) in [5, 5.41) is 22.9.